The highest BCUT2D eigenvalue weighted by Crippen LogP contribution is 2.00. The smallest absolute Gasteiger partial charge is 0.281 e. The average molecular weight is 289 g/mol. The molecule has 0 aliphatic heterocycles. The fraction of sp³-hybridized carbons (Fsp3) is 0. The number of nitrogens with zero attached hydrogens (tertiary/aromatic N) is 1. The van der Waals surface area contributed by atoms with E-state index in [1.54, 1.807) is 6.08 Å². The third-order valence-corrected chi connectivity index (χ3v) is 3.01. The molecular weight excluding hydrogens is 276 g/mol. The normalized spacial score (nSPS) is 10.4. The van der Waals surface area contributed by atoms with Crippen molar-refractivity contribution in [2.45, 2.75) is 0 Å². The van der Waals surface area contributed by atoms with Crippen molar-refractivity contribution in [3.63, 3.8) is 0 Å². The van der Waals surface area contributed by atoms with E-state index in [0.717, 1.165) is 11.3 Å². The van der Waals surface area contributed by atoms with Gasteiger partial charge in [0.25, 0.3) is 0 Å². The van der Waals surface area contributed by atoms with Crippen molar-refractivity contribution in [1.29, 1.82) is 0 Å². The quantitative estimate of drug-likeness (QED) is 0.581. The zero-order chi connectivity index (χ0) is 15.2. The fourth-order valence-electron chi connectivity index (χ4n) is 1.95. The molecule has 0 amide bonds. The number of rotatable bonds is 2. The predicted molar refractivity (Wildman–Crippen MR) is 83.2 cm³/mol. The van der Waals surface area contributed by atoms with Crippen LogP contribution in [0.5, 0.6) is 0 Å². The molecule has 0 bridgehead atoms. The van der Waals surface area contributed by atoms with Gasteiger partial charge in [0.1, 0.15) is 0 Å². The first-order chi connectivity index (χ1) is 10.8. The number of allylic oxidation sites excluding steroid dienone is 1. The average Bonchev–Trinajstić information content (AvgIpc) is 2.94. The molecule has 1 heterocycles. The fourth-order valence-corrected chi connectivity index (χ4v) is 1.95. The molecule has 0 aliphatic carbocycles. The molecule has 3 aromatic rings. The summed E-state index contributed by atoms with van der Waals surface area (Å²) in [6, 6.07) is 19.2. The predicted octanol–water partition coefficient (Wildman–Crippen LogP) is 2.31. The SMILES string of the molecule is O=c1o[nH][n+](-c2ccccc2)c1C#C/C=C/c1ccccc1. The van der Waals surface area contributed by atoms with Crippen LogP contribution in [0.3, 0.4) is 0 Å². The zero-order valence-electron chi connectivity index (χ0n) is 11.7. The van der Waals surface area contributed by atoms with Gasteiger partial charge in [0.2, 0.25) is 5.69 Å². The Morgan fingerprint density at radius 1 is 1.00 bits per heavy atom. The molecule has 0 atom stereocenters. The van der Waals surface area contributed by atoms with E-state index < -0.39 is 5.63 Å². The minimum atomic E-state index is -0.496. The number of hydrogen-bond donors (Lipinski definition) is 1. The van der Waals surface area contributed by atoms with E-state index in [2.05, 4.69) is 17.1 Å². The molecule has 0 fully saturated rings. The Kier molecular flexibility index (Phi) is 3.98. The largest absolute Gasteiger partial charge is 0.444 e. The number of H-pyrrole nitrogens is 1. The Morgan fingerprint density at radius 2 is 1.68 bits per heavy atom. The monoisotopic (exact) mass is 289 g/mol. The third-order valence-electron chi connectivity index (χ3n) is 3.01. The van der Waals surface area contributed by atoms with E-state index in [1.165, 1.54) is 4.68 Å². The van der Waals surface area contributed by atoms with Gasteiger partial charge in [-0.25, -0.2) is 4.79 Å². The van der Waals surface area contributed by atoms with Crippen molar-refractivity contribution in [3.05, 3.63) is 88.4 Å². The number of benzene rings is 2. The molecule has 4 heteroatoms. The Bertz CT molecular complexity index is 895. The summed E-state index contributed by atoms with van der Waals surface area (Å²) >= 11 is 0. The lowest BCUT2D eigenvalue weighted by Crippen LogP contribution is -2.37. The van der Waals surface area contributed by atoms with E-state index in [4.69, 9.17) is 4.52 Å². The van der Waals surface area contributed by atoms with Crippen LogP contribution in [0, 0.1) is 11.8 Å². The third kappa shape index (κ3) is 3.05. The molecule has 0 saturated carbocycles. The van der Waals surface area contributed by atoms with Gasteiger partial charge in [-0.05, 0) is 27.7 Å². The summed E-state index contributed by atoms with van der Waals surface area (Å²) < 4.78 is 6.34. The second-order valence-corrected chi connectivity index (χ2v) is 4.51. The van der Waals surface area contributed by atoms with E-state index in [1.807, 2.05) is 66.7 Å². The summed E-state index contributed by atoms with van der Waals surface area (Å²) in [6.07, 6.45) is 3.59. The van der Waals surface area contributed by atoms with Crippen molar-refractivity contribution in [2.24, 2.45) is 0 Å². The molecule has 0 saturated heterocycles. The molecule has 0 radical (unpaired) electrons. The number of para-hydroxylation sites is 1. The first kappa shape index (κ1) is 13.7. The second kappa shape index (κ2) is 6.42. The molecule has 1 N–H and O–H groups in total. The maximum atomic E-state index is 11.7. The van der Waals surface area contributed by atoms with Gasteiger partial charge in [-0.2, -0.15) is 0 Å². The highest BCUT2D eigenvalue weighted by molar-refractivity contribution is 5.52. The molecule has 106 valence electrons. The van der Waals surface area contributed by atoms with Crippen molar-refractivity contribution in [2.75, 3.05) is 0 Å². The summed E-state index contributed by atoms with van der Waals surface area (Å²) in [5.74, 6) is 5.67. The van der Waals surface area contributed by atoms with Gasteiger partial charge in [0.05, 0.1) is 0 Å². The molecule has 22 heavy (non-hydrogen) atoms. The molecule has 0 aliphatic rings. The van der Waals surface area contributed by atoms with Gasteiger partial charge in [-0.3, -0.25) is 4.52 Å². The van der Waals surface area contributed by atoms with Crippen LogP contribution < -0.4 is 10.3 Å². The van der Waals surface area contributed by atoms with E-state index >= 15 is 0 Å². The molecule has 2 aromatic carbocycles. The lowest BCUT2D eigenvalue weighted by atomic mass is 10.2. The van der Waals surface area contributed by atoms with E-state index in [0.29, 0.717) is 0 Å². The molecule has 0 unspecified atom stereocenters. The Hall–Kier alpha value is -3.32. The summed E-state index contributed by atoms with van der Waals surface area (Å²) in [5.41, 5.74) is 1.59. The zero-order valence-corrected chi connectivity index (χ0v) is 11.7. The maximum absolute atomic E-state index is 11.7. The Labute approximate surface area is 127 Å². The van der Waals surface area contributed by atoms with Crippen LogP contribution in [-0.4, -0.2) is 5.27 Å². The first-order valence-corrected chi connectivity index (χ1v) is 6.77. The number of nitrogens with one attached hydrogen (secondary N) is 1. The lowest BCUT2D eigenvalue weighted by molar-refractivity contribution is -0.672. The highest BCUT2D eigenvalue weighted by atomic mass is 16.5. The van der Waals surface area contributed by atoms with Crippen LogP contribution >= 0.6 is 0 Å². The van der Waals surface area contributed by atoms with Crippen LogP contribution in [0.4, 0.5) is 0 Å². The van der Waals surface area contributed by atoms with Gasteiger partial charge in [0.15, 0.2) is 0 Å². The van der Waals surface area contributed by atoms with Gasteiger partial charge in [-0.15, -0.1) is 0 Å². The van der Waals surface area contributed by atoms with Crippen LogP contribution in [0.1, 0.15) is 11.3 Å². The maximum Gasteiger partial charge on any atom is 0.444 e. The lowest BCUT2D eigenvalue weighted by Gasteiger charge is -1.88. The molecule has 3 rings (SSSR count). The Balaban J connectivity index is 1.88. The second-order valence-electron chi connectivity index (χ2n) is 4.51. The van der Waals surface area contributed by atoms with Crippen molar-refractivity contribution >= 4 is 6.08 Å². The molecular formula is C18H13N2O2+. The topological polar surface area (TPSA) is 49.9 Å². The van der Waals surface area contributed by atoms with E-state index in [9.17, 15) is 4.79 Å². The first-order valence-electron chi connectivity index (χ1n) is 6.77. The van der Waals surface area contributed by atoms with E-state index in [-0.39, 0.29) is 5.69 Å². The van der Waals surface area contributed by atoms with Crippen LogP contribution in [0.25, 0.3) is 11.8 Å². The van der Waals surface area contributed by atoms with Gasteiger partial charge >= 0.3 is 11.3 Å². The summed E-state index contributed by atoms with van der Waals surface area (Å²) in [5, 5.41) is 2.55. The van der Waals surface area contributed by atoms with Crippen molar-refractivity contribution in [1.82, 2.24) is 5.27 Å². The highest BCUT2D eigenvalue weighted by Gasteiger charge is 2.20. The van der Waals surface area contributed by atoms with Gasteiger partial charge in [0, 0.05) is 18.1 Å². The van der Waals surface area contributed by atoms with Crippen molar-refractivity contribution in [3.8, 4) is 17.5 Å². The van der Waals surface area contributed by atoms with Crippen molar-refractivity contribution < 1.29 is 9.20 Å². The number of aromatic amines is 1. The number of hydrogen-bond acceptors (Lipinski definition) is 2. The molecule has 0 spiro atoms. The molecule has 4 nitrogen and oxygen atoms in total. The van der Waals surface area contributed by atoms with Gasteiger partial charge < -0.3 is 0 Å². The number of aromatic nitrogens is 2. The summed E-state index contributed by atoms with van der Waals surface area (Å²) in [7, 11) is 0. The van der Waals surface area contributed by atoms with Gasteiger partial charge in [-0.1, -0.05) is 54.5 Å². The standard InChI is InChI=1S/C18H12N2O2/c21-18-17(14-8-7-11-15-9-3-1-4-10-15)20(19-22-18)16-12-5-2-6-13-16/h1-7,9-13H/p+1/b11-7+. The Morgan fingerprint density at radius 3 is 2.41 bits per heavy atom. The van der Waals surface area contributed by atoms with Crippen LogP contribution in [0.15, 0.2) is 76.1 Å². The van der Waals surface area contributed by atoms with Crippen LogP contribution in [0.2, 0.25) is 0 Å². The summed E-state index contributed by atoms with van der Waals surface area (Å²) in [4.78, 5) is 11.7. The minimum Gasteiger partial charge on any atom is -0.281 e. The minimum absolute atomic E-state index is 0.254. The molecule has 1 aromatic heterocycles. The van der Waals surface area contributed by atoms with Crippen LogP contribution in [-0.2, 0) is 0 Å². The summed E-state index contributed by atoms with van der Waals surface area (Å²) in [6.45, 7) is 0.